The number of nitrogens with zero attached hydrogens (tertiary/aromatic N) is 1. The van der Waals surface area contributed by atoms with Crippen LogP contribution in [0.25, 0.3) is 0 Å². The van der Waals surface area contributed by atoms with Gasteiger partial charge in [0.1, 0.15) is 0 Å². The van der Waals surface area contributed by atoms with Crippen LogP contribution in [0.3, 0.4) is 0 Å². The normalized spacial score (nSPS) is 11.3. The number of methoxy groups -OCH3 is 1. The van der Waals surface area contributed by atoms with Crippen LogP contribution in [0.4, 0.5) is 18.9 Å². The number of alkyl halides is 3. The van der Waals surface area contributed by atoms with Crippen molar-refractivity contribution < 1.29 is 32.2 Å². The van der Waals surface area contributed by atoms with Gasteiger partial charge in [0, 0.05) is 18.5 Å². The highest BCUT2D eigenvalue weighted by Crippen LogP contribution is 2.33. The molecule has 7 nitrogen and oxygen atoms in total. The fourth-order valence-electron chi connectivity index (χ4n) is 2.58. The van der Waals surface area contributed by atoms with Gasteiger partial charge in [-0.1, -0.05) is 6.07 Å². The lowest BCUT2D eigenvalue weighted by atomic mass is 10.2. The molecule has 0 atom stereocenters. The molecular weight excluding hydrogens is 542 g/mol. The van der Waals surface area contributed by atoms with Gasteiger partial charge in [-0.25, -0.2) is 5.43 Å². The van der Waals surface area contributed by atoms with Crippen LogP contribution in [-0.2, 0) is 15.8 Å². The van der Waals surface area contributed by atoms with Crippen LogP contribution in [-0.4, -0.2) is 31.7 Å². The van der Waals surface area contributed by atoms with Crippen molar-refractivity contribution in [3.8, 4) is 11.5 Å². The first-order valence-electron chi connectivity index (χ1n) is 9.43. The Kier molecular flexibility index (Phi) is 9.29. The molecule has 0 radical (unpaired) electrons. The molecule has 0 saturated carbocycles. The molecule has 0 aliphatic heterocycles. The Morgan fingerprint density at radius 3 is 2.53 bits per heavy atom. The molecule has 0 aliphatic carbocycles. The second-order valence-corrected chi connectivity index (χ2v) is 7.55. The van der Waals surface area contributed by atoms with E-state index in [0.29, 0.717) is 23.7 Å². The van der Waals surface area contributed by atoms with Crippen LogP contribution in [0, 0.1) is 3.57 Å². The standard InChI is InChI=1S/C21H21F3IN3O4/c1-3-32-17-10-13(9-16(25)20(17)31-2)12-26-28-19(30)8-7-18(29)27-15-6-4-5-14(11-15)21(22,23)24/h4-6,9-12H,3,7-8H2,1-2H3,(H,27,29)(H,28,30). The van der Waals surface area contributed by atoms with E-state index in [2.05, 4.69) is 38.4 Å². The summed E-state index contributed by atoms with van der Waals surface area (Å²) >= 11 is 2.09. The van der Waals surface area contributed by atoms with Gasteiger partial charge >= 0.3 is 6.18 Å². The van der Waals surface area contributed by atoms with E-state index in [0.717, 1.165) is 15.7 Å². The molecule has 0 aromatic heterocycles. The quantitative estimate of drug-likeness (QED) is 0.266. The number of rotatable bonds is 9. The lowest BCUT2D eigenvalue weighted by Crippen LogP contribution is -2.20. The van der Waals surface area contributed by atoms with E-state index in [9.17, 15) is 22.8 Å². The zero-order valence-corrected chi connectivity index (χ0v) is 19.4. The zero-order valence-electron chi connectivity index (χ0n) is 17.3. The number of anilines is 1. The van der Waals surface area contributed by atoms with E-state index in [-0.39, 0.29) is 18.5 Å². The van der Waals surface area contributed by atoms with Crippen LogP contribution >= 0.6 is 22.6 Å². The maximum absolute atomic E-state index is 12.7. The second-order valence-electron chi connectivity index (χ2n) is 6.39. The van der Waals surface area contributed by atoms with Gasteiger partial charge in [0.05, 0.1) is 29.1 Å². The summed E-state index contributed by atoms with van der Waals surface area (Å²) in [6.07, 6.45) is -3.49. The number of amides is 2. The van der Waals surface area contributed by atoms with E-state index in [4.69, 9.17) is 9.47 Å². The van der Waals surface area contributed by atoms with Crippen LogP contribution in [0.15, 0.2) is 41.5 Å². The molecule has 32 heavy (non-hydrogen) atoms. The number of carbonyl (C=O) groups is 2. The van der Waals surface area contributed by atoms with Gasteiger partial charge in [-0.2, -0.15) is 18.3 Å². The molecule has 0 bridgehead atoms. The number of carbonyl (C=O) groups excluding carboxylic acids is 2. The summed E-state index contributed by atoms with van der Waals surface area (Å²) in [7, 11) is 1.54. The molecule has 2 rings (SSSR count). The Hall–Kier alpha value is -2.83. The zero-order chi connectivity index (χ0) is 23.7. The summed E-state index contributed by atoms with van der Waals surface area (Å²) in [5.74, 6) is 0.0320. The Bertz CT molecular complexity index is 997. The molecule has 0 aliphatic rings. The molecule has 0 saturated heterocycles. The van der Waals surface area contributed by atoms with Gasteiger partial charge in [-0.3, -0.25) is 9.59 Å². The third-order valence-electron chi connectivity index (χ3n) is 3.99. The summed E-state index contributed by atoms with van der Waals surface area (Å²) in [4.78, 5) is 23.8. The first-order valence-corrected chi connectivity index (χ1v) is 10.5. The first kappa shape index (κ1) is 25.4. The van der Waals surface area contributed by atoms with Crippen molar-refractivity contribution in [2.45, 2.75) is 25.9 Å². The molecule has 2 aromatic rings. The van der Waals surface area contributed by atoms with Crippen LogP contribution in [0.2, 0.25) is 0 Å². The molecule has 172 valence electrons. The predicted octanol–water partition coefficient (Wildman–Crippen LogP) is 4.59. The van der Waals surface area contributed by atoms with E-state index in [1.165, 1.54) is 25.5 Å². The minimum atomic E-state index is -4.51. The molecule has 0 unspecified atom stereocenters. The van der Waals surface area contributed by atoms with Crippen molar-refractivity contribution in [1.29, 1.82) is 0 Å². The Morgan fingerprint density at radius 2 is 1.88 bits per heavy atom. The maximum Gasteiger partial charge on any atom is 0.416 e. The summed E-state index contributed by atoms with van der Waals surface area (Å²) in [5.41, 5.74) is 2.10. The third-order valence-corrected chi connectivity index (χ3v) is 4.79. The topological polar surface area (TPSA) is 89.0 Å². The fraction of sp³-hybridized carbons (Fsp3) is 0.286. The fourth-order valence-corrected chi connectivity index (χ4v) is 3.43. The Labute approximate surface area is 196 Å². The van der Waals surface area contributed by atoms with E-state index in [1.807, 2.05) is 6.92 Å². The number of hydrogen-bond acceptors (Lipinski definition) is 5. The van der Waals surface area contributed by atoms with Crippen molar-refractivity contribution >= 4 is 46.3 Å². The van der Waals surface area contributed by atoms with Crippen molar-refractivity contribution in [3.05, 3.63) is 51.1 Å². The lowest BCUT2D eigenvalue weighted by molar-refractivity contribution is -0.137. The van der Waals surface area contributed by atoms with E-state index < -0.39 is 23.6 Å². The van der Waals surface area contributed by atoms with Crippen LogP contribution < -0.4 is 20.2 Å². The molecular formula is C21H21F3IN3O4. The number of halogens is 4. The predicted molar refractivity (Wildman–Crippen MR) is 122 cm³/mol. The monoisotopic (exact) mass is 563 g/mol. The second kappa shape index (κ2) is 11.7. The smallest absolute Gasteiger partial charge is 0.416 e. The minimum absolute atomic E-state index is 0.00228. The lowest BCUT2D eigenvalue weighted by Gasteiger charge is -2.11. The number of ether oxygens (including phenoxy) is 2. The molecule has 0 heterocycles. The maximum atomic E-state index is 12.7. The first-order chi connectivity index (χ1) is 15.1. The summed E-state index contributed by atoms with van der Waals surface area (Å²) in [6.45, 7) is 2.29. The average molecular weight is 563 g/mol. The molecule has 0 spiro atoms. The largest absolute Gasteiger partial charge is 0.492 e. The molecule has 2 N–H and O–H groups in total. The number of hydrazone groups is 1. The molecule has 2 amide bonds. The van der Waals surface area contributed by atoms with Gasteiger partial charge in [-0.15, -0.1) is 0 Å². The highest BCUT2D eigenvalue weighted by molar-refractivity contribution is 14.1. The summed E-state index contributed by atoms with van der Waals surface area (Å²) in [6, 6.07) is 7.77. The number of nitrogens with one attached hydrogen (secondary N) is 2. The Balaban J connectivity index is 1.87. The number of hydrogen-bond donors (Lipinski definition) is 2. The van der Waals surface area contributed by atoms with Crippen molar-refractivity contribution in [3.63, 3.8) is 0 Å². The van der Waals surface area contributed by atoms with Gasteiger partial charge in [0.2, 0.25) is 11.8 Å². The minimum Gasteiger partial charge on any atom is -0.492 e. The molecule has 2 aromatic carbocycles. The van der Waals surface area contributed by atoms with E-state index in [1.54, 1.807) is 12.1 Å². The SMILES string of the molecule is CCOc1cc(C=NNC(=O)CCC(=O)Nc2cccc(C(F)(F)F)c2)cc(I)c1OC. The summed E-state index contributed by atoms with van der Waals surface area (Å²) < 4.78 is 49.8. The van der Waals surface area contributed by atoms with Crippen molar-refractivity contribution in [1.82, 2.24) is 5.43 Å². The van der Waals surface area contributed by atoms with Gasteiger partial charge in [0.15, 0.2) is 11.5 Å². The molecule has 0 fully saturated rings. The Morgan fingerprint density at radius 1 is 1.16 bits per heavy atom. The van der Waals surface area contributed by atoms with Gasteiger partial charge < -0.3 is 14.8 Å². The van der Waals surface area contributed by atoms with Crippen molar-refractivity contribution in [2.75, 3.05) is 19.0 Å². The average Bonchev–Trinajstić information content (AvgIpc) is 2.72. The van der Waals surface area contributed by atoms with Crippen LogP contribution in [0.1, 0.15) is 30.9 Å². The third kappa shape index (κ3) is 7.70. The highest BCUT2D eigenvalue weighted by atomic mass is 127. The molecule has 11 heteroatoms. The van der Waals surface area contributed by atoms with Crippen LogP contribution in [0.5, 0.6) is 11.5 Å². The summed E-state index contributed by atoms with van der Waals surface area (Å²) in [5, 5.41) is 6.20. The van der Waals surface area contributed by atoms with E-state index >= 15 is 0 Å². The number of benzene rings is 2. The van der Waals surface area contributed by atoms with Gasteiger partial charge in [0.25, 0.3) is 0 Å². The van der Waals surface area contributed by atoms with Gasteiger partial charge in [-0.05, 0) is 65.4 Å². The van der Waals surface area contributed by atoms with Crippen molar-refractivity contribution in [2.24, 2.45) is 5.10 Å². The highest BCUT2D eigenvalue weighted by Gasteiger charge is 2.30.